The predicted octanol–water partition coefficient (Wildman–Crippen LogP) is 2.80. The van der Waals surface area contributed by atoms with E-state index >= 15 is 0 Å². The molecule has 4 unspecified atom stereocenters. The second kappa shape index (κ2) is 6.46. The average Bonchev–Trinajstić information content (AvgIpc) is 3.08. The van der Waals surface area contributed by atoms with Crippen molar-refractivity contribution < 1.29 is 4.79 Å². The van der Waals surface area contributed by atoms with Gasteiger partial charge in [0, 0.05) is 19.0 Å². The molecular formula is C17H30N2O. The van der Waals surface area contributed by atoms with Crippen LogP contribution in [0.1, 0.15) is 57.8 Å². The first-order valence-electron chi connectivity index (χ1n) is 8.72. The Hall–Kier alpha value is -0.570. The van der Waals surface area contributed by atoms with Crippen molar-refractivity contribution in [1.29, 1.82) is 0 Å². The van der Waals surface area contributed by atoms with Gasteiger partial charge in [-0.2, -0.15) is 0 Å². The van der Waals surface area contributed by atoms with Gasteiger partial charge in [0.25, 0.3) is 0 Å². The van der Waals surface area contributed by atoms with Crippen LogP contribution in [0.2, 0.25) is 0 Å². The maximum Gasteiger partial charge on any atom is 0.223 e. The van der Waals surface area contributed by atoms with E-state index in [1.165, 1.54) is 44.9 Å². The number of fused-ring (bicyclic) bond motifs is 2. The van der Waals surface area contributed by atoms with E-state index in [9.17, 15) is 4.79 Å². The highest BCUT2D eigenvalue weighted by molar-refractivity contribution is 5.77. The minimum absolute atomic E-state index is 0.461. The molecule has 3 fully saturated rings. The molecule has 2 saturated carbocycles. The highest BCUT2D eigenvalue weighted by atomic mass is 16.2. The quantitative estimate of drug-likeness (QED) is 0.838. The molecule has 3 rings (SSSR count). The molecular weight excluding hydrogens is 248 g/mol. The summed E-state index contributed by atoms with van der Waals surface area (Å²) in [5.41, 5.74) is 0. The third-order valence-electron chi connectivity index (χ3n) is 6.00. The summed E-state index contributed by atoms with van der Waals surface area (Å²) in [5, 5.41) is 3.23. The van der Waals surface area contributed by atoms with Crippen LogP contribution in [0.15, 0.2) is 0 Å². The third kappa shape index (κ3) is 3.03. The fourth-order valence-electron chi connectivity index (χ4n) is 4.91. The molecule has 3 aliphatic rings. The maximum absolute atomic E-state index is 12.7. The minimum Gasteiger partial charge on any atom is -0.340 e. The van der Waals surface area contributed by atoms with Crippen LogP contribution in [0, 0.1) is 17.8 Å². The van der Waals surface area contributed by atoms with Crippen LogP contribution in [0.25, 0.3) is 0 Å². The summed E-state index contributed by atoms with van der Waals surface area (Å²) in [6.07, 6.45) is 11.3. The topological polar surface area (TPSA) is 32.3 Å². The fraction of sp³-hybridized carbons (Fsp3) is 0.941. The van der Waals surface area contributed by atoms with E-state index in [0.717, 1.165) is 37.8 Å². The number of hydrogen-bond donors (Lipinski definition) is 1. The Labute approximate surface area is 123 Å². The minimum atomic E-state index is 0.461. The molecule has 4 atom stereocenters. The van der Waals surface area contributed by atoms with Gasteiger partial charge in [-0.3, -0.25) is 4.79 Å². The second-order valence-electron chi connectivity index (χ2n) is 7.27. The van der Waals surface area contributed by atoms with E-state index < -0.39 is 0 Å². The van der Waals surface area contributed by atoms with Crippen LogP contribution in [0.4, 0.5) is 0 Å². The maximum atomic E-state index is 12.7. The van der Waals surface area contributed by atoms with Crippen LogP contribution < -0.4 is 5.32 Å². The normalized spacial score (nSPS) is 36.5. The zero-order valence-corrected chi connectivity index (χ0v) is 12.9. The first kappa shape index (κ1) is 14.4. The summed E-state index contributed by atoms with van der Waals surface area (Å²) in [4.78, 5) is 14.9. The van der Waals surface area contributed by atoms with Crippen molar-refractivity contribution >= 4 is 5.91 Å². The summed E-state index contributed by atoms with van der Waals surface area (Å²) in [6.45, 7) is 2.04. The van der Waals surface area contributed by atoms with Crippen molar-refractivity contribution in [3.63, 3.8) is 0 Å². The van der Waals surface area contributed by atoms with Crippen molar-refractivity contribution in [2.75, 3.05) is 20.1 Å². The van der Waals surface area contributed by atoms with E-state index in [4.69, 9.17) is 0 Å². The molecule has 0 aromatic heterocycles. The van der Waals surface area contributed by atoms with E-state index in [0.29, 0.717) is 17.9 Å². The van der Waals surface area contributed by atoms with Gasteiger partial charge < -0.3 is 10.2 Å². The molecule has 1 N–H and O–H groups in total. The van der Waals surface area contributed by atoms with Crippen molar-refractivity contribution in [3.8, 4) is 0 Å². The molecule has 1 saturated heterocycles. The summed E-state index contributed by atoms with van der Waals surface area (Å²) in [5.74, 6) is 3.01. The van der Waals surface area contributed by atoms with E-state index in [-0.39, 0.29) is 0 Å². The number of carbonyl (C=O) groups excluding carboxylic acids is 1. The fourth-order valence-corrected chi connectivity index (χ4v) is 4.91. The Balaban J connectivity index is 1.54. The summed E-state index contributed by atoms with van der Waals surface area (Å²) in [7, 11) is 2.00. The van der Waals surface area contributed by atoms with Gasteiger partial charge in [0.05, 0.1) is 0 Å². The lowest BCUT2D eigenvalue weighted by molar-refractivity contribution is -0.136. The Morgan fingerprint density at radius 1 is 1.20 bits per heavy atom. The molecule has 1 heterocycles. The number of likely N-dealkylation sites (tertiary alicyclic amines) is 1. The van der Waals surface area contributed by atoms with Gasteiger partial charge >= 0.3 is 0 Å². The Kier molecular flexibility index (Phi) is 4.65. The largest absolute Gasteiger partial charge is 0.340 e. The number of piperidine rings is 1. The first-order valence-corrected chi connectivity index (χ1v) is 8.72. The molecule has 3 heteroatoms. The highest BCUT2D eigenvalue weighted by Crippen LogP contribution is 2.49. The second-order valence-corrected chi connectivity index (χ2v) is 7.27. The molecule has 2 aliphatic carbocycles. The summed E-state index contributed by atoms with van der Waals surface area (Å²) in [6, 6.07) is 0.502. The molecule has 20 heavy (non-hydrogen) atoms. The SMILES string of the molecule is CNCCC1CCCCN1C(=O)CC1CC2CCC1C2. The van der Waals surface area contributed by atoms with Gasteiger partial charge in [0.15, 0.2) is 0 Å². The highest BCUT2D eigenvalue weighted by Gasteiger charge is 2.41. The Bertz CT molecular complexity index is 344. The Morgan fingerprint density at radius 2 is 2.10 bits per heavy atom. The summed E-state index contributed by atoms with van der Waals surface area (Å²) < 4.78 is 0. The lowest BCUT2D eigenvalue weighted by atomic mass is 9.85. The molecule has 0 aromatic carbocycles. The monoisotopic (exact) mass is 278 g/mol. The predicted molar refractivity (Wildman–Crippen MR) is 81.5 cm³/mol. The van der Waals surface area contributed by atoms with Crippen LogP contribution >= 0.6 is 0 Å². The lowest BCUT2D eigenvalue weighted by Gasteiger charge is -2.37. The molecule has 0 spiro atoms. The zero-order chi connectivity index (χ0) is 13.9. The van der Waals surface area contributed by atoms with Gasteiger partial charge in [-0.05, 0) is 76.3 Å². The van der Waals surface area contributed by atoms with Gasteiger partial charge in [-0.25, -0.2) is 0 Å². The van der Waals surface area contributed by atoms with Crippen molar-refractivity contribution in [2.24, 2.45) is 17.8 Å². The van der Waals surface area contributed by atoms with Gasteiger partial charge in [-0.15, -0.1) is 0 Å². The van der Waals surface area contributed by atoms with E-state index in [1.807, 2.05) is 7.05 Å². The number of carbonyl (C=O) groups is 1. The average molecular weight is 278 g/mol. The standard InChI is InChI=1S/C17H30N2O/c1-18-8-7-16-4-2-3-9-19(16)17(20)12-15-11-13-5-6-14(15)10-13/h13-16,18H,2-12H2,1H3. The van der Waals surface area contributed by atoms with Crippen LogP contribution in [0.3, 0.4) is 0 Å². The molecule has 1 aliphatic heterocycles. The van der Waals surface area contributed by atoms with Crippen LogP contribution in [0.5, 0.6) is 0 Å². The van der Waals surface area contributed by atoms with E-state index in [2.05, 4.69) is 10.2 Å². The molecule has 3 nitrogen and oxygen atoms in total. The van der Waals surface area contributed by atoms with Crippen LogP contribution in [-0.2, 0) is 4.79 Å². The smallest absolute Gasteiger partial charge is 0.223 e. The Morgan fingerprint density at radius 3 is 2.80 bits per heavy atom. The number of rotatable bonds is 5. The number of amides is 1. The van der Waals surface area contributed by atoms with Gasteiger partial charge in [0.1, 0.15) is 0 Å². The molecule has 2 bridgehead atoms. The number of nitrogens with one attached hydrogen (secondary N) is 1. The van der Waals surface area contributed by atoms with E-state index in [1.54, 1.807) is 0 Å². The zero-order valence-electron chi connectivity index (χ0n) is 12.9. The molecule has 0 radical (unpaired) electrons. The molecule has 1 amide bonds. The first-order chi connectivity index (χ1) is 9.78. The van der Waals surface area contributed by atoms with Gasteiger partial charge in [-0.1, -0.05) is 6.42 Å². The molecule has 0 aromatic rings. The third-order valence-corrected chi connectivity index (χ3v) is 6.00. The molecule has 114 valence electrons. The number of hydrogen-bond acceptors (Lipinski definition) is 2. The van der Waals surface area contributed by atoms with Crippen molar-refractivity contribution in [1.82, 2.24) is 10.2 Å². The van der Waals surface area contributed by atoms with Crippen LogP contribution in [-0.4, -0.2) is 37.0 Å². The summed E-state index contributed by atoms with van der Waals surface area (Å²) >= 11 is 0. The lowest BCUT2D eigenvalue weighted by Crippen LogP contribution is -2.45. The number of nitrogens with zero attached hydrogens (tertiary/aromatic N) is 1. The van der Waals surface area contributed by atoms with Crippen molar-refractivity contribution in [2.45, 2.75) is 63.8 Å². The van der Waals surface area contributed by atoms with Crippen molar-refractivity contribution in [3.05, 3.63) is 0 Å². The van der Waals surface area contributed by atoms with Gasteiger partial charge in [0.2, 0.25) is 5.91 Å².